The molecule has 0 aliphatic heterocycles. The number of carbonyl (C=O) groups excluding carboxylic acids is 3. The molecule has 0 spiro atoms. The van der Waals surface area contributed by atoms with Crippen LogP contribution >= 0.6 is 11.5 Å². The Kier molecular flexibility index (Phi) is 6.51. The smallest absolute Gasteiger partial charge is 0.278 e. The zero-order valence-corrected chi connectivity index (χ0v) is 18.2. The van der Waals surface area contributed by atoms with Gasteiger partial charge in [-0.2, -0.15) is 9.06 Å². The van der Waals surface area contributed by atoms with Gasteiger partial charge < -0.3 is 11.1 Å². The zero-order valence-electron chi connectivity index (χ0n) is 17.3. The summed E-state index contributed by atoms with van der Waals surface area (Å²) in [6.45, 7) is 0.302. The van der Waals surface area contributed by atoms with E-state index in [9.17, 15) is 14.4 Å². The highest BCUT2D eigenvalue weighted by Crippen LogP contribution is 2.11. The Hall–Kier alpha value is -4.37. The highest BCUT2D eigenvalue weighted by atomic mass is 32.1. The van der Waals surface area contributed by atoms with Gasteiger partial charge in [0.25, 0.3) is 11.8 Å². The van der Waals surface area contributed by atoms with Gasteiger partial charge in [-0.15, -0.1) is 5.10 Å². The van der Waals surface area contributed by atoms with Crippen molar-refractivity contribution >= 4 is 29.3 Å². The van der Waals surface area contributed by atoms with Gasteiger partial charge in [0.15, 0.2) is 10.4 Å². The number of amides is 3. The molecule has 164 valence electrons. The molecular weight excluding hydrogens is 438 g/mol. The minimum atomic E-state index is -0.546. The maximum Gasteiger partial charge on any atom is 0.278 e. The van der Waals surface area contributed by atoms with Gasteiger partial charge in [0.2, 0.25) is 5.91 Å². The molecule has 3 N–H and O–H groups in total. The van der Waals surface area contributed by atoms with E-state index in [0.29, 0.717) is 23.4 Å². The van der Waals surface area contributed by atoms with Gasteiger partial charge in [-0.1, -0.05) is 48.5 Å². The monoisotopic (exact) mass is 457 g/mol. The maximum atomic E-state index is 12.9. The molecule has 33 heavy (non-hydrogen) atoms. The van der Waals surface area contributed by atoms with Crippen molar-refractivity contribution in [3.05, 3.63) is 112 Å². The summed E-state index contributed by atoms with van der Waals surface area (Å²) in [4.78, 5) is 41.1. The normalized spacial score (nSPS) is 11.2. The Morgan fingerprint density at radius 3 is 2.15 bits per heavy atom. The first kappa shape index (κ1) is 21.8. The number of nitrogens with zero attached hydrogens (tertiary/aromatic N) is 3. The molecule has 0 fully saturated rings. The molecule has 0 bridgehead atoms. The minimum absolute atomic E-state index is 0.0270. The molecule has 0 unspecified atom stereocenters. The summed E-state index contributed by atoms with van der Waals surface area (Å²) in [5.41, 5.74) is 7.59. The summed E-state index contributed by atoms with van der Waals surface area (Å²) in [5.74, 6) is -1.48. The number of rotatable bonds is 6. The maximum absolute atomic E-state index is 12.9. The van der Waals surface area contributed by atoms with Crippen molar-refractivity contribution in [2.45, 2.75) is 6.54 Å². The molecule has 9 heteroatoms. The summed E-state index contributed by atoms with van der Waals surface area (Å²) in [5, 5.41) is 7.19. The standard InChI is InChI=1S/C24H19N5O3S/c25-21(30)17-11-13-19(14-12-17)29-28-20(23(32)26-15-16-7-3-1-4-8-16)24(33-29)27-22(31)18-9-5-2-6-10-18/h1-14H,15H2,(H2,25,30)(H,26,32). The van der Waals surface area contributed by atoms with Crippen molar-refractivity contribution in [1.82, 2.24) is 14.5 Å². The van der Waals surface area contributed by atoms with E-state index in [1.54, 1.807) is 54.6 Å². The average Bonchev–Trinajstić information content (AvgIpc) is 3.27. The summed E-state index contributed by atoms with van der Waals surface area (Å²) in [6.07, 6.45) is 0. The molecule has 3 aromatic carbocycles. The summed E-state index contributed by atoms with van der Waals surface area (Å²) in [6, 6.07) is 24.5. The molecule has 0 radical (unpaired) electrons. The quantitative estimate of drug-likeness (QED) is 0.463. The van der Waals surface area contributed by atoms with Crippen molar-refractivity contribution in [3.8, 4) is 5.69 Å². The number of primary amides is 1. The van der Waals surface area contributed by atoms with Gasteiger partial charge in [0.1, 0.15) is 0 Å². The Morgan fingerprint density at radius 2 is 1.52 bits per heavy atom. The topological polar surface area (TPSA) is 119 Å². The minimum Gasteiger partial charge on any atom is -0.366 e. The highest BCUT2D eigenvalue weighted by Gasteiger charge is 2.17. The molecule has 8 nitrogen and oxygen atoms in total. The molecule has 1 heterocycles. The highest BCUT2D eigenvalue weighted by molar-refractivity contribution is 7.04. The van der Waals surface area contributed by atoms with Crippen LogP contribution in [0, 0.1) is 0 Å². The van der Waals surface area contributed by atoms with E-state index < -0.39 is 17.7 Å². The number of hydrogen-bond donors (Lipinski definition) is 2. The number of benzene rings is 3. The van der Waals surface area contributed by atoms with E-state index >= 15 is 0 Å². The van der Waals surface area contributed by atoms with Crippen LogP contribution < -0.4 is 15.7 Å². The molecule has 0 atom stereocenters. The largest absolute Gasteiger partial charge is 0.366 e. The summed E-state index contributed by atoms with van der Waals surface area (Å²) < 4.78 is 1.65. The van der Waals surface area contributed by atoms with Crippen LogP contribution in [0.5, 0.6) is 0 Å². The van der Waals surface area contributed by atoms with Gasteiger partial charge in [-0.3, -0.25) is 14.4 Å². The van der Waals surface area contributed by atoms with E-state index in [-0.39, 0.29) is 10.4 Å². The zero-order chi connectivity index (χ0) is 23.2. The molecule has 1 aromatic heterocycles. The number of aromatic nitrogens is 2. The van der Waals surface area contributed by atoms with Crippen molar-refractivity contribution in [1.29, 1.82) is 0 Å². The van der Waals surface area contributed by atoms with Crippen LogP contribution in [0.15, 0.2) is 89.9 Å². The first-order valence-electron chi connectivity index (χ1n) is 9.98. The fourth-order valence-corrected chi connectivity index (χ4v) is 3.82. The van der Waals surface area contributed by atoms with Crippen molar-refractivity contribution in [3.63, 3.8) is 0 Å². The number of nitrogens with one attached hydrogen (secondary N) is 1. The molecular formula is C24H19N5O3S. The summed E-state index contributed by atoms with van der Waals surface area (Å²) >= 11 is 1.04. The van der Waals surface area contributed by atoms with E-state index in [1.807, 2.05) is 30.3 Å². The van der Waals surface area contributed by atoms with Crippen molar-refractivity contribution < 1.29 is 14.4 Å². The molecule has 4 rings (SSSR count). The fraction of sp³-hybridized carbons (Fsp3) is 0.0417. The second-order valence-electron chi connectivity index (χ2n) is 6.98. The predicted molar refractivity (Wildman–Crippen MR) is 124 cm³/mol. The molecule has 0 saturated heterocycles. The third-order valence-electron chi connectivity index (χ3n) is 4.67. The Morgan fingerprint density at radius 1 is 0.879 bits per heavy atom. The first-order valence-corrected chi connectivity index (χ1v) is 10.8. The first-order chi connectivity index (χ1) is 16.0. The lowest BCUT2D eigenvalue weighted by molar-refractivity contribution is 0.0943. The number of carbonyl (C=O) groups is 3. The third kappa shape index (κ3) is 5.28. The number of hydrogen-bond acceptors (Lipinski definition) is 5. The van der Waals surface area contributed by atoms with E-state index in [4.69, 9.17) is 5.73 Å². The van der Waals surface area contributed by atoms with Crippen LogP contribution in [0.3, 0.4) is 0 Å². The predicted octanol–water partition coefficient (Wildman–Crippen LogP) is 2.70. The van der Waals surface area contributed by atoms with Crippen LogP contribution in [0.4, 0.5) is 0 Å². The SMILES string of the molecule is NC(=O)c1ccc(-n2nc(C(=O)NCc3ccccc3)c(=NC(=O)c3ccccc3)s2)cc1. The second-order valence-corrected chi connectivity index (χ2v) is 7.90. The third-order valence-corrected chi connectivity index (χ3v) is 5.60. The second kappa shape index (κ2) is 9.84. The van der Waals surface area contributed by atoms with Crippen molar-refractivity contribution in [2.75, 3.05) is 0 Å². The van der Waals surface area contributed by atoms with Gasteiger partial charge in [-0.25, -0.2) is 0 Å². The average molecular weight is 458 g/mol. The Bertz CT molecular complexity index is 1360. The molecule has 4 aromatic rings. The Labute approximate surface area is 193 Å². The van der Waals surface area contributed by atoms with Crippen LogP contribution in [0.25, 0.3) is 5.69 Å². The lowest BCUT2D eigenvalue weighted by atomic mass is 10.2. The van der Waals surface area contributed by atoms with Crippen LogP contribution in [0.1, 0.15) is 36.8 Å². The van der Waals surface area contributed by atoms with Gasteiger partial charge >= 0.3 is 0 Å². The van der Waals surface area contributed by atoms with E-state index in [1.165, 1.54) is 4.07 Å². The van der Waals surface area contributed by atoms with Crippen molar-refractivity contribution in [2.24, 2.45) is 10.7 Å². The lowest BCUT2D eigenvalue weighted by Crippen LogP contribution is -2.28. The van der Waals surface area contributed by atoms with Gasteiger partial charge in [0, 0.05) is 17.7 Å². The summed E-state index contributed by atoms with van der Waals surface area (Å²) in [7, 11) is 0. The molecule has 0 aliphatic rings. The number of nitrogens with two attached hydrogens (primary N) is 1. The van der Waals surface area contributed by atoms with Crippen LogP contribution in [0.2, 0.25) is 0 Å². The van der Waals surface area contributed by atoms with Crippen LogP contribution in [-0.4, -0.2) is 26.9 Å². The van der Waals surface area contributed by atoms with Gasteiger partial charge in [0.05, 0.1) is 5.69 Å². The molecule has 0 aliphatic carbocycles. The Balaban J connectivity index is 1.69. The molecule has 3 amide bonds. The van der Waals surface area contributed by atoms with E-state index in [2.05, 4.69) is 15.4 Å². The van der Waals surface area contributed by atoms with Gasteiger partial charge in [-0.05, 0) is 53.5 Å². The van der Waals surface area contributed by atoms with E-state index in [0.717, 1.165) is 17.1 Å². The fourth-order valence-electron chi connectivity index (χ4n) is 2.96. The molecule has 0 saturated carbocycles. The lowest BCUT2D eigenvalue weighted by Gasteiger charge is -2.03. The van der Waals surface area contributed by atoms with Crippen LogP contribution in [-0.2, 0) is 6.54 Å².